The molecular formula is C14H21BFNO2. The maximum absolute atomic E-state index is 13.6. The molecule has 2 rings (SSSR count). The highest BCUT2D eigenvalue weighted by molar-refractivity contribution is 6.62. The molecule has 0 spiro atoms. The lowest BCUT2D eigenvalue weighted by Crippen LogP contribution is -2.41. The van der Waals surface area contributed by atoms with Crippen LogP contribution in [0.4, 0.5) is 10.1 Å². The van der Waals surface area contributed by atoms with Gasteiger partial charge in [0.2, 0.25) is 0 Å². The average Bonchev–Trinajstić information content (AvgIpc) is 2.51. The van der Waals surface area contributed by atoms with E-state index in [0.29, 0.717) is 12.2 Å². The van der Waals surface area contributed by atoms with Gasteiger partial charge in [-0.3, -0.25) is 0 Å². The van der Waals surface area contributed by atoms with Gasteiger partial charge < -0.3 is 14.6 Å². The zero-order valence-electron chi connectivity index (χ0n) is 12.2. The van der Waals surface area contributed by atoms with Crippen LogP contribution in [0, 0.1) is 5.82 Å². The summed E-state index contributed by atoms with van der Waals surface area (Å²) in [6, 6.07) is 4.90. The van der Waals surface area contributed by atoms with Crippen molar-refractivity contribution in [2.24, 2.45) is 0 Å². The SMILES string of the molecule is CCNc1cc(B2OC(C)(C)C(C)(C)O2)ccc1F. The highest BCUT2D eigenvalue weighted by atomic mass is 19.1. The van der Waals surface area contributed by atoms with Gasteiger partial charge in [-0.05, 0) is 52.2 Å². The fraction of sp³-hybridized carbons (Fsp3) is 0.571. The Labute approximate surface area is 114 Å². The van der Waals surface area contributed by atoms with Crippen LogP contribution in [0.3, 0.4) is 0 Å². The molecule has 5 heteroatoms. The standard InChI is InChI=1S/C14H21BFNO2/c1-6-17-12-9-10(7-8-11(12)16)15-18-13(2,3)14(4,5)19-15/h7-9,17H,6H2,1-5H3. The molecule has 0 aromatic heterocycles. The summed E-state index contributed by atoms with van der Waals surface area (Å²) in [5.41, 5.74) is 0.542. The number of hydrogen-bond acceptors (Lipinski definition) is 3. The van der Waals surface area contributed by atoms with Gasteiger partial charge in [0, 0.05) is 6.54 Å². The third-order valence-electron chi connectivity index (χ3n) is 3.88. The van der Waals surface area contributed by atoms with Crippen molar-refractivity contribution in [3.8, 4) is 0 Å². The van der Waals surface area contributed by atoms with Gasteiger partial charge >= 0.3 is 7.12 Å². The first kappa shape index (κ1) is 14.3. The molecule has 0 saturated carbocycles. The summed E-state index contributed by atoms with van der Waals surface area (Å²) < 4.78 is 25.5. The van der Waals surface area contributed by atoms with Crippen molar-refractivity contribution >= 4 is 18.3 Å². The first-order valence-corrected chi connectivity index (χ1v) is 6.66. The Kier molecular flexibility index (Phi) is 3.62. The smallest absolute Gasteiger partial charge is 0.399 e. The number of benzene rings is 1. The van der Waals surface area contributed by atoms with E-state index in [1.165, 1.54) is 6.07 Å². The minimum absolute atomic E-state index is 0.262. The summed E-state index contributed by atoms with van der Waals surface area (Å²) >= 11 is 0. The number of nitrogens with one attached hydrogen (secondary N) is 1. The molecule has 0 aliphatic carbocycles. The van der Waals surface area contributed by atoms with Crippen molar-refractivity contribution in [3.63, 3.8) is 0 Å². The summed E-state index contributed by atoms with van der Waals surface area (Å²) in [5, 5.41) is 3.00. The summed E-state index contributed by atoms with van der Waals surface area (Å²) in [7, 11) is -0.456. The largest absolute Gasteiger partial charge is 0.494 e. The lowest BCUT2D eigenvalue weighted by molar-refractivity contribution is 0.00578. The highest BCUT2D eigenvalue weighted by Crippen LogP contribution is 2.36. The molecule has 0 bridgehead atoms. The second-order valence-corrected chi connectivity index (χ2v) is 5.86. The third-order valence-corrected chi connectivity index (χ3v) is 3.88. The van der Waals surface area contributed by atoms with Crippen molar-refractivity contribution in [3.05, 3.63) is 24.0 Å². The minimum atomic E-state index is -0.456. The summed E-state index contributed by atoms with van der Waals surface area (Å²) in [6.45, 7) is 10.6. The van der Waals surface area contributed by atoms with Crippen LogP contribution in [0.1, 0.15) is 34.6 Å². The lowest BCUT2D eigenvalue weighted by Gasteiger charge is -2.32. The topological polar surface area (TPSA) is 30.5 Å². The number of halogens is 1. The first-order chi connectivity index (χ1) is 8.77. The normalized spacial score (nSPS) is 20.6. The van der Waals surface area contributed by atoms with Crippen molar-refractivity contribution in [1.82, 2.24) is 0 Å². The van der Waals surface area contributed by atoms with Gasteiger partial charge in [-0.25, -0.2) is 4.39 Å². The molecule has 1 aromatic rings. The predicted octanol–water partition coefficient (Wildman–Crippen LogP) is 2.56. The fourth-order valence-electron chi connectivity index (χ4n) is 1.99. The van der Waals surface area contributed by atoms with Crippen LogP contribution in [-0.2, 0) is 9.31 Å². The zero-order valence-corrected chi connectivity index (χ0v) is 12.2. The summed E-state index contributed by atoms with van der Waals surface area (Å²) in [5.74, 6) is -0.262. The van der Waals surface area contributed by atoms with Gasteiger partial charge in [0.15, 0.2) is 0 Å². The maximum Gasteiger partial charge on any atom is 0.494 e. The highest BCUT2D eigenvalue weighted by Gasteiger charge is 2.51. The zero-order chi connectivity index (χ0) is 14.3. The van der Waals surface area contributed by atoms with Crippen LogP contribution >= 0.6 is 0 Å². The number of hydrogen-bond donors (Lipinski definition) is 1. The molecule has 0 amide bonds. The Morgan fingerprint density at radius 2 is 1.74 bits per heavy atom. The first-order valence-electron chi connectivity index (χ1n) is 6.66. The van der Waals surface area contributed by atoms with E-state index in [2.05, 4.69) is 5.32 Å². The van der Waals surface area contributed by atoms with E-state index in [1.807, 2.05) is 34.6 Å². The molecule has 1 aliphatic rings. The molecule has 0 unspecified atom stereocenters. The van der Waals surface area contributed by atoms with Crippen molar-refractivity contribution in [1.29, 1.82) is 0 Å². The van der Waals surface area contributed by atoms with E-state index in [-0.39, 0.29) is 17.0 Å². The van der Waals surface area contributed by atoms with Crippen LogP contribution in [-0.4, -0.2) is 24.9 Å². The van der Waals surface area contributed by atoms with Gasteiger partial charge in [-0.1, -0.05) is 6.07 Å². The van der Waals surface area contributed by atoms with Crippen molar-refractivity contribution in [2.45, 2.75) is 45.8 Å². The maximum atomic E-state index is 13.6. The fourth-order valence-corrected chi connectivity index (χ4v) is 1.99. The molecular weight excluding hydrogens is 244 g/mol. The summed E-state index contributed by atoms with van der Waals surface area (Å²) in [6.07, 6.45) is 0. The Morgan fingerprint density at radius 1 is 1.16 bits per heavy atom. The molecule has 1 heterocycles. The molecule has 104 valence electrons. The van der Waals surface area contributed by atoms with Gasteiger partial charge in [-0.15, -0.1) is 0 Å². The number of anilines is 1. The molecule has 0 radical (unpaired) electrons. The molecule has 0 atom stereocenters. The average molecular weight is 265 g/mol. The Bertz CT molecular complexity index is 461. The van der Waals surface area contributed by atoms with Gasteiger partial charge in [-0.2, -0.15) is 0 Å². The van der Waals surface area contributed by atoms with E-state index < -0.39 is 7.12 Å². The predicted molar refractivity (Wildman–Crippen MR) is 76.3 cm³/mol. The van der Waals surface area contributed by atoms with Crippen LogP contribution in [0.2, 0.25) is 0 Å². The number of rotatable bonds is 3. The second-order valence-electron chi connectivity index (χ2n) is 5.86. The quantitative estimate of drug-likeness (QED) is 0.852. The van der Waals surface area contributed by atoms with E-state index in [1.54, 1.807) is 12.1 Å². The molecule has 1 saturated heterocycles. The second kappa shape index (κ2) is 4.80. The Balaban J connectivity index is 2.27. The molecule has 1 fully saturated rings. The van der Waals surface area contributed by atoms with Gasteiger partial charge in [0.1, 0.15) is 5.82 Å². The molecule has 1 aliphatic heterocycles. The van der Waals surface area contributed by atoms with Crippen LogP contribution in [0.25, 0.3) is 0 Å². The molecule has 1 aromatic carbocycles. The van der Waals surface area contributed by atoms with Crippen LogP contribution in [0.15, 0.2) is 18.2 Å². The van der Waals surface area contributed by atoms with Crippen molar-refractivity contribution in [2.75, 3.05) is 11.9 Å². The minimum Gasteiger partial charge on any atom is -0.399 e. The molecule has 1 N–H and O–H groups in total. The molecule has 19 heavy (non-hydrogen) atoms. The summed E-state index contributed by atoms with van der Waals surface area (Å²) in [4.78, 5) is 0. The van der Waals surface area contributed by atoms with E-state index >= 15 is 0 Å². The van der Waals surface area contributed by atoms with Gasteiger partial charge in [0.05, 0.1) is 16.9 Å². The van der Waals surface area contributed by atoms with E-state index in [9.17, 15) is 4.39 Å². The lowest BCUT2D eigenvalue weighted by atomic mass is 9.79. The van der Waals surface area contributed by atoms with Crippen LogP contribution in [0.5, 0.6) is 0 Å². The van der Waals surface area contributed by atoms with E-state index in [4.69, 9.17) is 9.31 Å². The molecule has 3 nitrogen and oxygen atoms in total. The Hall–Kier alpha value is -1.07. The Morgan fingerprint density at radius 3 is 2.26 bits per heavy atom. The van der Waals surface area contributed by atoms with E-state index in [0.717, 1.165) is 5.46 Å². The van der Waals surface area contributed by atoms with Crippen molar-refractivity contribution < 1.29 is 13.7 Å². The monoisotopic (exact) mass is 265 g/mol. The van der Waals surface area contributed by atoms with Gasteiger partial charge in [0.25, 0.3) is 0 Å². The third kappa shape index (κ3) is 2.62. The van der Waals surface area contributed by atoms with Crippen LogP contribution < -0.4 is 10.8 Å².